The number of Topliss-reactive ketones (excluding diaryl/α,β-unsaturated/α-hetero) is 1. The molecule has 1 aliphatic rings. The fourth-order valence-corrected chi connectivity index (χ4v) is 3.73. The highest BCUT2D eigenvalue weighted by atomic mass is 35.5. The zero-order valence-corrected chi connectivity index (χ0v) is 14.6. The van der Waals surface area contributed by atoms with Gasteiger partial charge in [-0.3, -0.25) is 9.78 Å². The molecule has 1 aliphatic carbocycles. The van der Waals surface area contributed by atoms with Crippen molar-refractivity contribution in [1.29, 1.82) is 0 Å². The lowest BCUT2D eigenvalue weighted by Crippen LogP contribution is -2.37. The quantitative estimate of drug-likeness (QED) is 0.827. The van der Waals surface area contributed by atoms with Crippen LogP contribution in [-0.2, 0) is 16.9 Å². The number of halogens is 4. The predicted octanol–water partition coefficient (Wildman–Crippen LogP) is 4.72. The van der Waals surface area contributed by atoms with Crippen LogP contribution < -0.4 is 0 Å². The number of rotatable bonds is 4. The highest BCUT2D eigenvalue weighted by molar-refractivity contribution is 6.35. The molecule has 2 aromatic rings. The molecule has 0 aliphatic heterocycles. The molecule has 0 amide bonds. The number of fused-ring (bicyclic) bond motifs is 1. The van der Waals surface area contributed by atoms with Gasteiger partial charge in [0.05, 0.1) is 11.8 Å². The molecular formula is C18H15Cl2F2NO2. The molecule has 0 bridgehead atoms. The first-order valence-corrected chi connectivity index (χ1v) is 8.57. The number of pyridine rings is 1. The zero-order chi connectivity index (χ0) is 18.2. The summed E-state index contributed by atoms with van der Waals surface area (Å²) in [6, 6.07) is 5.47. The molecule has 0 fully saturated rings. The van der Waals surface area contributed by atoms with E-state index >= 15 is 4.39 Å². The Labute approximate surface area is 153 Å². The van der Waals surface area contributed by atoms with Crippen LogP contribution in [0.25, 0.3) is 0 Å². The number of aliphatic hydroxyl groups excluding tert-OH is 1. The second kappa shape index (κ2) is 6.98. The van der Waals surface area contributed by atoms with Crippen LogP contribution in [0.5, 0.6) is 0 Å². The Morgan fingerprint density at radius 2 is 2.16 bits per heavy atom. The average molecular weight is 386 g/mol. The summed E-state index contributed by atoms with van der Waals surface area (Å²) in [7, 11) is 0. The first-order chi connectivity index (χ1) is 11.8. The van der Waals surface area contributed by atoms with E-state index in [4.69, 9.17) is 23.2 Å². The molecule has 2 atom stereocenters. The Morgan fingerprint density at radius 1 is 1.40 bits per heavy atom. The summed E-state index contributed by atoms with van der Waals surface area (Å²) >= 11 is 11.7. The van der Waals surface area contributed by atoms with Crippen molar-refractivity contribution in [2.45, 2.75) is 37.5 Å². The van der Waals surface area contributed by atoms with E-state index in [1.54, 1.807) is 0 Å². The van der Waals surface area contributed by atoms with Crippen molar-refractivity contribution in [3.8, 4) is 0 Å². The van der Waals surface area contributed by atoms with Crippen LogP contribution in [0.15, 0.2) is 30.5 Å². The highest BCUT2D eigenvalue weighted by Crippen LogP contribution is 2.43. The van der Waals surface area contributed by atoms with Crippen molar-refractivity contribution in [3.63, 3.8) is 0 Å². The first kappa shape index (κ1) is 18.2. The second-order valence-electron chi connectivity index (χ2n) is 6.06. The van der Waals surface area contributed by atoms with Crippen molar-refractivity contribution in [3.05, 3.63) is 63.1 Å². The summed E-state index contributed by atoms with van der Waals surface area (Å²) in [5, 5.41) is 10.2. The van der Waals surface area contributed by atoms with Crippen molar-refractivity contribution in [2.24, 2.45) is 0 Å². The van der Waals surface area contributed by atoms with Crippen LogP contribution >= 0.6 is 23.2 Å². The summed E-state index contributed by atoms with van der Waals surface area (Å²) in [5.41, 5.74) is -1.84. The van der Waals surface area contributed by atoms with Gasteiger partial charge >= 0.3 is 0 Å². The molecule has 0 unspecified atom stereocenters. The second-order valence-corrected chi connectivity index (χ2v) is 6.91. The van der Waals surface area contributed by atoms with Crippen molar-refractivity contribution in [2.75, 3.05) is 0 Å². The molecule has 25 heavy (non-hydrogen) atoms. The van der Waals surface area contributed by atoms with Gasteiger partial charge in [0.25, 0.3) is 0 Å². The number of ketones is 1. The summed E-state index contributed by atoms with van der Waals surface area (Å²) in [6.45, 7) is 0. The third kappa shape index (κ3) is 3.41. The van der Waals surface area contributed by atoms with Crippen LogP contribution in [0.3, 0.4) is 0 Å². The molecular weight excluding hydrogens is 371 g/mol. The molecule has 0 radical (unpaired) electrons. The van der Waals surface area contributed by atoms with Crippen LogP contribution in [-0.4, -0.2) is 15.9 Å². The molecule has 1 heterocycles. The monoisotopic (exact) mass is 385 g/mol. The maximum Gasteiger partial charge on any atom is 0.195 e. The van der Waals surface area contributed by atoms with Gasteiger partial charge in [0.1, 0.15) is 5.82 Å². The maximum atomic E-state index is 15.5. The number of aliphatic hydroxyl groups is 1. The number of hydrogen-bond acceptors (Lipinski definition) is 3. The maximum absolute atomic E-state index is 15.5. The normalized spacial score (nSPS) is 22.5. The van der Waals surface area contributed by atoms with Crippen LogP contribution in [0.2, 0.25) is 10.0 Å². The lowest BCUT2D eigenvalue weighted by Gasteiger charge is -2.32. The Kier molecular flexibility index (Phi) is 5.09. The lowest BCUT2D eigenvalue weighted by atomic mass is 9.77. The van der Waals surface area contributed by atoms with E-state index in [1.165, 1.54) is 24.4 Å². The van der Waals surface area contributed by atoms with E-state index in [1.807, 2.05) is 0 Å². The summed E-state index contributed by atoms with van der Waals surface area (Å²) < 4.78 is 29.4. The molecule has 1 N–H and O–H groups in total. The summed E-state index contributed by atoms with van der Waals surface area (Å²) in [6.07, 6.45) is 0.256. The fraction of sp³-hybridized carbons (Fsp3) is 0.333. The molecule has 3 rings (SSSR count). The largest absolute Gasteiger partial charge is 0.387 e. The van der Waals surface area contributed by atoms with Crippen LogP contribution in [0, 0.1) is 5.82 Å². The standard InChI is InChI=1S/C18H15Cl2F2NO2/c19-10-8-13(20)11(14(21)9-10)3-4-16(25)18(22)6-5-15(24)17-12(18)2-1-7-23-17/h1-2,7-9,15,24H,3-6H2/t15-,18+/m0/s1. The van der Waals surface area contributed by atoms with E-state index in [0.717, 1.165) is 6.07 Å². The third-order valence-corrected chi connectivity index (χ3v) is 5.05. The molecule has 0 saturated heterocycles. The average Bonchev–Trinajstić information content (AvgIpc) is 2.57. The molecule has 3 nitrogen and oxygen atoms in total. The van der Waals surface area contributed by atoms with Gasteiger partial charge in [0.2, 0.25) is 0 Å². The van der Waals surface area contributed by atoms with Gasteiger partial charge in [0.15, 0.2) is 11.5 Å². The molecule has 0 spiro atoms. The minimum atomic E-state index is -2.24. The number of alkyl halides is 1. The number of benzene rings is 1. The SMILES string of the molecule is O=C(CCc1c(F)cc(Cl)cc1Cl)[C@@]1(F)CC[C@H](O)c2ncccc21. The Hall–Kier alpha value is -1.56. The van der Waals surface area contributed by atoms with Gasteiger partial charge in [-0.05, 0) is 37.5 Å². The van der Waals surface area contributed by atoms with E-state index < -0.39 is 23.4 Å². The van der Waals surface area contributed by atoms with E-state index in [-0.39, 0.29) is 52.5 Å². The Balaban J connectivity index is 1.84. The number of aromatic nitrogens is 1. The topological polar surface area (TPSA) is 50.2 Å². The number of hydrogen-bond donors (Lipinski definition) is 1. The zero-order valence-electron chi connectivity index (χ0n) is 13.1. The predicted molar refractivity (Wildman–Crippen MR) is 91.0 cm³/mol. The Morgan fingerprint density at radius 3 is 2.88 bits per heavy atom. The van der Waals surface area contributed by atoms with E-state index in [0.29, 0.717) is 0 Å². The Bertz CT molecular complexity index is 807. The minimum absolute atomic E-state index is 0.0372. The van der Waals surface area contributed by atoms with Gasteiger partial charge < -0.3 is 5.11 Å². The van der Waals surface area contributed by atoms with Crippen molar-refractivity contribution in [1.82, 2.24) is 4.98 Å². The highest BCUT2D eigenvalue weighted by Gasteiger charge is 2.45. The van der Waals surface area contributed by atoms with Gasteiger partial charge in [-0.2, -0.15) is 0 Å². The minimum Gasteiger partial charge on any atom is -0.387 e. The number of carbonyl (C=O) groups excluding carboxylic acids is 1. The van der Waals surface area contributed by atoms with Crippen LogP contribution in [0.4, 0.5) is 8.78 Å². The number of nitrogens with zero attached hydrogens (tertiary/aromatic N) is 1. The van der Waals surface area contributed by atoms with Gasteiger partial charge in [-0.25, -0.2) is 8.78 Å². The molecule has 0 saturated carbocycles. The molecule has 1 aromatic carbocycles. The van der Waals surface area contributed by atoms with E-state index in [9.17, 15) is 14.3 Å². The van der Waals surface area contributed by atoms with Crippen molar-refractivity contribution < 1.29 is 18.7 Å². The molecule has 7 heteroatoms. The smallest absolute Gasteiger partial charge is 0.195 e. The van der Waals surface area contributed by atoms with Gasteiger partial charge in [-0.15, -0.1) is 0 Å². The summed E-state index contributed by atoms with van der Waals surface area (Å²) in [5.74, 6) is -1.31. The lowest BCUT2D eigenvalue weighted by molar-refractivity contribution is -0.133. The number of carbonyl (C=O) groups is 1. The third-order valence-electron chi connectivity index (χ3n) is 4.49. The van der Waals surface area contributed by atoms with Gasteiger partial charge in [-0.1, -0.05) is 29.3 Å². The fourth-order valence-electron chi connectivity index (χ4n) is 3.16. The summed E-state index contributed by atoms with van der Waals surface area (Å²) in [4.78, 5) is 16.6. The van der Waals surface area contributed by atoms with E-state index in [2.05, 4.69) is 4.98 Å². The molecule has 1 aromatic heterocycles. The van der Waals surface area contributed by atoms with Crippen molar-refractivity contribution >= 4 is 29.0 Å². The van der Waals surface area contributed by atoms with Crippen LogP contribution in [0.1, 0.15) is 42.2 Å². The van der Waals surface area contributed by atoms with Gasteiger partial charge in [0, 0.05) is 33.8 Å². The first-order valence-electron chi connectivity index (χ1n) is 7.82. The molecule has 132 valence electrons.